The Hall–Kier alpha value is -6.25. The number of hydrogen-bond acceptors (Lipinski definition) is 1. The Labute approximate surface area is 280 Å². The fourth-order valence-corrected chi connectivity index (χ4v) is 7.42. The van der Waals surface area contributed by atoms with Crippen LogP contribution in [0.3, 0.4) is 0 Å². The molecule has 48 heavy (non-hydrogen) atoms. The average Bonchev–Trinajstić information content (AvgIpc) is 3.50. The topological polar surface area (TPSA) is 17.8 Å². The van der Waals surface area contributed by atoms with Crippen molar-refractivity contribution in [1.82, 2.24) is 9.55 Å². The Morgan fingerprint density at radius 2 is 0.792 bits per heavy atom. The lowest BCUT2D eigenvalue weighted by molar-refractivity contribution is 1.00. The van der Waals surface area contributed by atoms with E-state index in [4.69, 9.17) is 4.98 Å². The highest BCUT2D eigenvalue weighted by Gasteiger charge is 2.17. The highest BCUT2D eigenvalue weighted by molar-refractivity contribution is 6.21. The van der Waals surface area contributed by atoms with E-state index in [2.05, 4.69) is 181 Å². The summed E-state index contributed by atoms with van der Waals surface area (Å²) < 4.78 is 2.24. The van der Waals surface area contributed by atoms with E-state index in [0.717, 1.165) is 22.5 Å². The summed E-state index contributed by atoms with van der Waals surface area (Å²) >= 11 is 0. The highest BCUT2D eigenvalue weighted by Crippen LogP contribution is 2.44. The van der Waals surface area contributed by atoms with Gasteiger partial charge in [0, 0.05) is 5.69 Å². The number of hydrogen-bond donors (Lipinski definition) is 0. The lowest BCUT2D eigenvalue weighted by Gasteiger charge is -2.18. The summed E-state index contributed by atoms with van der Waals surface area (Å²) in [6.07, 6.45) is 0. The molecule has 8 aromatic carbocycles. The highest BCUT2D eigenvalue weighted by atomic mass is 15.1. The van der Waals surface area contributed by atoms with Crippen LogP contribution in [0.1, 0.15) is 5.82 Å². The zero-order chi connectivity index (χ0) is 32.0. The largest absolute Gasteiger partial charge is 0.297 e. The third-order valence-corrected chi connectivity index (χ3v) is 9.57. The number of imidazole rings is 1. The molecule has 2 nitrogen and oxygen atoms in total. The molecule has 2 heteroatoms. The van der Waals surface area contributed by atoms with Crippen molar-refractivity contribution in [3.63, 3.8) is 0 Å². The van der Waals surface area contributed by atoms with E-state index in [1.165, 1.54) is 66.1 Å². The van der Waals surface area contributed by atoms with Crippen LogP contribution in [-0.4, -0.2) is 9.55 Å². The zero-order valence-electron chi connectivity index (χ0n) is 26.6. The monoisotopic (exact) mass is 612 g/mol. The van der Waals surface area contributed by atoms with E-state index in [9.17, 15) is 0 Å². The van der Waals surface area contributed by atoms with E-state index < -0.39 is 0 Å². The van der Waals surface area contributed by atoms with Gasteiger partial charge >= 0.3 is 0 Å². The molecule has 0 fully saturated rings. The van der Waals surface area contributed by atoms with Crippen molar-refractivity contribution in [3.05, 3.63) is 182 Å². The normalized spacial score (nSPS) is 11.4. The van der Waals surface area contributed by atoms with E-state index in [0.29, 0.717) is 0 Å². The molecule has 0 saturated carbocycles. The molecular weight excluding hydrogens is 581 g/mol. The molecule has 0 radical (unpaired) electrons. The molecule has 1 aromatic heterocycles. The molecule has 9 rings (SSSR count). The number of aryl methyl sites for hydroxylation is 1. The Bertz CT molecular complexity index is 2540. The summed E-state index contributed by atoms with van der Waals surface area (Å²) in [5.74, 6) is 0.985. The summed E-state index contributed by atoms with van der Waals surface area (Å²) in [5.41, 5.74) is 13.1. The van der Waals surface area contributed by atoms with Crippen molar-refractivity contribution >= 4 is 32.6 Å². The third-order valence-electron chi connectivity index (χ3n) is 9.57. The van der Waals surface area contributed by atoms with Crippen molar-refractivity contribution in [2.24, 2.45) is 0 Å². The second-order valence-corrected chi connectivity index (χ2v) is 12.4. The van der Waals surface area contributed by atoms with Crippen LogP contribution in [-0.2, 0) is 0 Å². The van der Waals surface area contributed by atoms with Gasteiger partial charge in [-0.05, 0) is 97.2 Å². The first-order valence-corrected chi connectivity index (χ1v) is 16.5. The smallest absolute Gasteiger partial charge is 0.111 e. The van der Waals surface area contributed by atoms with Crippen molar-refractivity contribution < 1.29 is 0 Å². The van der Waals surface area contributed by atoms with Gasteiger partial charge < -0.3 is 0 Å². The fourth-order valence-electron chi connectivity index (χ4n) is 7.42. The van der Waals surface area contributed by atoms with Crippen molar-refractivity contribution in [2.45, 2.75) is 6.92 Å². The predicted octanol–water partition coefficient (Wildman–Crippen LogP) is 12.3. The Kier molecular flexibility index (Phi) is 6.72. The van der Waals surface area contributed by atoms with Crippen LogP contribution in [0.25, 0.3) is 82.8 Å². The molecule has 1 heterocycles. The molecule has 0 spiro atoms. The first kappa shape index (κ1) is 28.0. The minimum absolute atomic E-state index is 0.985. The maximum atomic E-state index is 4.79. The maximum absolute atomic E-state index is 4.79. The average molecular weight is 613 g/mol. The first-order chi connectivity index (χ1) is 23.7. The zero-order valence-corrected chi connectivity index (χ0v) is 26.6. The van der Waals surface area contributed by atoms with Gasteiger partial charge in [0.2, 0.25) is 0 Å². The van der Waals surface area contributed by atoms with Gasteiger partial charge in [-0.3, -0.25) is 4.57 Å². The molecule has 0 aliphatic carbocycles. The number of nitrogens with zero attached hydrogens (tertiary/aromatic N) is 2. The van der Waals surface area contributed by atoms with Crippen LogP contribution < -0.4 is 0 Å². The molecule has 0 aliphatic rings. The van der Waals surface area contributed by atoms with Crippen LogP contribution in [0.2, 0.25) is 0 Å². The van der Waals surface area contributed by atoms with Gasteiger partial charge in [0.1, 0.15) is 5.82 Å². The van der Waals surface area contributed by atoms with Crippen LogP contribution in [0.15, 0.2) is 176 Å². The summed E-state index contributed by atoms with van der Waals surface area (Å²) in [6, 6.07) is 63.4. The van der Waals surface area contributed by atoms with Gasteiger partial charge in [0.15, 0.2) is 0 Å². The minimum atomic E-state index is 0.985. The van der Waals surface area contributed by atoms with Gasteiger partial charge in [-0.2, -0.15) is 0 Å². The summed E-state index contributed by atoms with van der Waals surface area (Å²) in [7, 11) is 0. The van der Waals surface area contributed by atoms with Gasteiger partial charge in [0.05, 0.1) is 11.0 Å². The summed E-state index contributed by atoms with van der Waals surface area (Å²) in [4.78, 5) is 4.79. The minimum Gasteiger partial charge on any atom is -0.297 e. The number of benzene rings is 8. The lowest BCUT2D eigenvalue weighted by Crippen LogP contribution is -1.97. The van der Waals surface area contributed by atoms with Crippen LogP contribution >= 0.6 is 0 Å². The number of para-hydroxylation sites is 2. The van der Waals surface area contributed by atoms with Crippen molar-refractivity contribution in [3.8, 4) is 50.2 Å². The van der Waals surface area contributed by atoms with Crippen molar-refractivity contribution in [1.29, 1.82) is 0 Å². The van der Waals surface area contributed by atoms with E-state index in [1.54, 1.807) is 0 Å². The van der Waals surface area contributed by atoms with Gasteiger partial charge in [0.25, 0.3) is 0 Å². The molecule has 9 aromatic rings. The second kappa shape index (κ2) is 11.5. The predicted molar refractivity (Wildman–Crippen MR) is 203 cm³/mol. The Morgan fingerprint density at radius 1 is 0.375 bits per heavy atom. The molecule has 0 bridgehead atoms. The number of fused-ring (bicyclic) bond motifs is 3. The standard InChI is InChI=1S/C46H32N2/c1-31-47-43-21-11-12-22-44(43)48(31)36-29-27-35(28-30-36)46-41-19-9-7-17-39(41)45(40-18-8-10-20-42(40)46)34-25-23-33(24-26-34)38-16-6-5-15-37(38)32-13-3-2-4-14-32/h2-30H,1H3. The van der Waals surface area contributed by atoms with Crippen LogP contribution in [0.5, 0.6) is 0 Å². The molecule has 226 valence electrons. The molecular formula is C46H32N2. The molecule has 0 amide bonds. The van der Waals surface area contributed by atoms with Crippen molar-refractivity contribution in [2.75, 3.05) is 0 Å². The Balaban J connectivity index is 1.18. The third kappa shape index (κ3) is 4.61. The summed E-state index contributed by atoms with van der Waals surface area (Å²) in [5, 5.41) is 5.01. The fraction of sp³-hybridized carbons (Fsp3) is 0.0217. The van der Waals surface area contributed by atoms with E-state index >= 15 is 0 Å². The molecule has 0 atom stereocenters. The molecule has 0 N–H and O–H groups in total. The number of aromatic nitrogens is 2. The maximum Gasteiger partial charge on any atom is 0.111 e. The van der Waals surface area contributed by atoms with Crippen LogP contribution in [0.4, 0.5) is 0 Å². The molecule has 0 unspecified atom stereocenters. The van der Waals surface area contributed by atoms with Gasteiger partial charge in [-0.15, -0.1) is 0 Å². The molecule has 0 saturated heterocycles. The van der Waals surface area contributed by atoms with E-state index in [-0.39, 0.29) is 0 Å². The first-order valence-electron chi connectivity index (χ1n) is 16.5. The van der Waals surface area contributed by atoms with Crippen LogP contribution in [0, 0.1) is 6.92 Å². The molecule has 0 aliphatic heterocycles. The SMILES string of the molecule is Cc1nc2ccccc2n1-c1ccc(-c2c3ccccc3c(-c3ccc(-c4ccccc4-c4ccccc4)cc3)c3ccccc23)cc1. The second-order valence-electron chi connectivity index (χ2n) is 12.4. The lowest BCUT2D eigenvalue weighted by atomic mass is 9.85. The Morgan fingerprint density at radius 3 is 1.35 bits per heavy atom. The quantitative estimate of drug-likeness (QED) is 0.177. The summed E-state index contributed by atoms with van der Waals surface area (Å²) in [6.45, 7) is 2.07. The van der Waals surface area contributed by atoms with Gasteiger partial charge in [-0.1, -0.05) is 152 Å². The van der Waals surface area contributed by atoms with Gasteiger partial charge in [-0.25, -0.2) is 4.98 Å². The number of rotatable bonds is 5. The van der Waals surface area contributed by atoms with E-state index in [1.807, 2.05) is 6.07 Å².